The van der Waals surface area contributed by atoms with Crippen molar-refractivity contribution in [3.05, 3.63) is 89.4 Å². The number of pyridine rings is 1. The van der Waals surface area contributed by atoms with Crippen LogP contribution in [0, 0.1) is 11.3 Å². The average Bonchev–Trinajstić information content (AvgIpc) is 3.18. The molecule has 0 unspecified atom stereocenters. The summed E-state index contributed by atoms with van der Waals surface area (Å²) in [6.45, 7) is 0.0535. The molecular formula is C21H16N4O2. The highest BCUT2D eigenvalue weighted by Gasteiger charge is 2.34. The van der Waals surface area contributed by atoms with E-state index in [-0.39, 0.29) is 18.1 Å². The third kappa shape index (κ3) is 3.07. The van der Waals surface area contributed by atoms with Crippen molar-refractivity contribution >= 4 is 17.5 Å². The molecule has 1 saturated heterocycles. The Kier molecular flexibility index (Phi) is 4.19. The lowest BCUT2D eigenvalue weighted by Gasteiger charge is -2.10. The summed E-state index contributed by atoms with van der Waals surface area (Å²) in [5.74, 6) is -0.380. The van der Waals surface area contributed by atoms with Gasteiger partial charge in [0.1, 0.15) is 11.8 Å². The quantitative estimate of drug-likeness (QED) is 0.577. The van der Waals surface area contributed by atoms with Crippen molar-refractivity contribution in [3.8, 4) is 6.07 Å². The molecule has 0 radical (unpaired) electrons. The fraction of sp³-hybridized carbons (Fsp3) is 0.0952. The smallest absolute Gasteiger partial charge is 0.322 e. The van der Waals surface area contributed by atoms with Gasteiger partial charge in [-0.3, -0.25) is 9.69 Å². The van der Waals surface area contributed by atoms with Crippen molar-refractivity contribution in [1.29, 1.82) is 5.26 Å². The molecule has 3 heterocycles. The maximum absolute atomic E-state index is 12.6. The number of imide groups is 1. The average molecular weight is 356 g/mol. The Bertz CT molecular complexity index is 1110. The van der Waals surface area contributed by atoms with E-state index < -0.39 is 6.03 Å². The fourth-order valence-electron chi connectivity index (χ4n) is 3.19. The molecule has 0 atom stereocenters. The number of amides is 3. The molecule has 3 aromatic rings. The second-order valence-electron chi connectivity index (χ2n) is 6.26. The number of rotatable bonds is 4. The van der Waals surface area contributed by atoms with Crippen LogP contribution in [0.15, 0.2) is 72.7 Å². The Hall–Kier alpha value is -3.85. The molecule has 3 amide bonds. The number of fused-ring (bicyclic) bond motifs is 1. The van der Waals surface area contributed by atoms with Crippen LogP contribution in [0.25, 0.3) is 5.52 Å². The first-order valence-electron chi connectivity index (χ1n) is 8.53. The van der Waals surface area contributed by atoms with Crippen LogP contribution in [-0.2, 0) is 17.8 Å². The molecule has 4 rings (SSSR count). The lowest BCUT2D eigenvalue weighted by molar-refractivity contribution is -0.123. The summed E-state index contributed by atoms with van der Waals surface area (Å²) >= 11 is 0. The van der Waals surface area contributed by atoms with E-state index in [1.165, 1.54) is 0 Å². The predicted octanol–water partition coefficient (Wildman–Crippen LogP) is 2.99. The summed E-state index contributed by atoms with van der Waals surface area (Å²) in [5.41, 5.74) is 3.18. The first-order chi connectivity index (χ1) is 13.2. The summed E-state index contributed by atoms with van der Waals surface area (Å²) in [5, 5.41) is 12.1. The van der Waals surface area contributed by atoms with Gasteiger partial charge in [0.15, 0.2) is 0 Å². The van der Waals surface area contributed by atoms with Gasteiger partial charge in [0.05, 0.1) is 17.6 Å². The number of urea groups is 1. The minimum Gasteiger partial charge on any atom is -0.322 e. The van der Waals surface area contributed by atoms with E-state index in [2.05, 4.69) is 11.4 Å². The van der Waals surface area contributed by atoms with E-state index in [0.29, 0.717) is 17.5 Å². The molecule has 2 aromatic heterocycles. The van der Waals surface area contributed by atoms with Gasteiger partial charge in [0.2, 0.25) is 0 Å². The van der Waals surface area contributed by atoms with E-state index in [4.69, 9.17) is 0 Å². The van der Waals surface area contributed by atoms with Crippen LogP contribution < -0.4 is 5.32 Å². The van der Waals surface area contributed by atoms with Gasteiger partial charge in [-0.05, 0) is 24.1 Å². The molecule has 0 spiro atoms. The van der Waals surface area contributed by atoms with Gasteiger partial charge in [-0.25, -0.2) is 4.79 Å². The summed E-state index contributed by atoms with van der Waals surface area (Å²) in [6.07, 6.45) is 5.88. The van der Waals surface area contributed by atoms with Crippen LogP contribution in [-0.4, -0.2) is 21.2 Å². The fourth-order valence-corrected chi connectivity index (χ4v) is 3.19. The maximum atomic E-state index is 12.6. The highest BCUT2D eigenvalue weighted by Crippen LogP contribution is 2.22. The Labute approximate surface area is 155 Å². The third-order valence-electron chi connectivity index (χ3n) is 4.55. The molecular weight excluding hydrogens is 340 g/mol. The number of carbonyl (C=O) groups is 2. The van der Waals surface area contributed by atoms with E-state index in [1.54, 1.807) is 12.3 Å². The Morgan fingerprint density at radius 2 is 1.85 bits per heavy atom. The normalized spacial score (nSPS) is 15.4. The predicted molar refractivity (Wildman–Crippen MR) is 99.4 cm³/mol. The monoisotopic (exact) mass is 356 g/mol. The van der Waals surface area contributed by atoms with E-state index in [0.717, 1.165) is 16.0 Å². The zero-order chi connectivity index (χ0) is 18.8. The van der Waals surface area contributed by atoms with Gasteiger partial charge in [-0.2, -0.15) is 5.26 Å². The third-order valence-corrected chi connectivity index (χ3v) is 4.55. The standard InChI is InChI=1S/C21H16N4O2/c22-12-17-16(13-24-11-5-4-8-19(17)24)14-25-20(26)18(23-21(25)27)10-9-15-6-2-1-3-7-15/h1-8,10-11,13H,9,14H2,(H,23,27). The maximum Gasteiger partial charge on any atom is 0.329 e. The van der Waals surface area contributed by atoms with Crippen LogP contribution in [0.1, 0.15) is 16.7 Å². The van der Waals surface area contributed by atoms with Crippen molar-refractivity contribution in [1.82, 2.24) is 14.6 Å². The highest BCUT2D eigenvalue weighted by molar-refractivity contribution is 6.11. The second-order valence-corrected chi connectivity index (χ2v) is 6.26. The van der Waals surface area contributed by atoms with Crippen LogP contribution in [0.4, 0.5) is 4.79 Å². The topological polar surface area (TPSA) is 77.6 Å². The Morgan fingerprint density at radius 3 is 2.63 bits per heavy atom. The van der Waals surface area contributed by atoms with Gasteiger partial charge in [-0.15, -0.1) is 0 Å². The largest absolute Gasteiger partial charge is 0.329 e. The van der Waals surface area contributed by atoms with Crippen molar-refractivity contribution < 1.29 is 9.59 Å². The van der Waals surface area contributed by atoms with E-state index >= 15 is 0 Å². The number of nitrogens with one attached hydrogen (secondary N) is 1. The van der Waals surface area contributed by atoms with Gasteiger partial charge >= 0.3 is 6.03 Å². The Morgan fingerprint density at radius 1 is 1.07 bits per heavy atom. The Balaban J connectivity index is 1.57. The molecule has 6 nitrogen and oxygen atoms in total. The number of nitriles is 1. The van der Waals surface area contributed by atoms with Gasteiger partial charge in [-0.1, -0.05) is 42.5 Å². The second kappa shape index (κ2) is 6.81. The molecule has 1 aromatic carbocycles. The summed E-state index contributed by atoms with van der Waals surface area (Å²) in [6, 6.07) is 16.9. The van der Waals surface area contributed by atoms with Crippen molar-refractivity contribution in [3.63, 3.8) is 0 Å². The first-order valence-corrected chi connectivity index (χ1v) is 8.53. The molecule has 27 heavy (non-hydrogen) atoms. The number of allylic oxidation sites excluding steroid dienone is 1. The summed E-state index contributed by atoms with van der Waals surface area (Å²) in [4.78, 5) is 26.1. The van der Waals surface area contributed by atoms with Crippen LogP contribution in [0.3, 0.4) is 0 Å². The van der Waals surface area contributed by atoms with Crippen LogP contribution >= 0.6 is 0 Å². The van der Waals surface area contributed by atoms with E-state index in [1.807, 2.05) is 59.1 Å². The van der Waals surface area contributed by atoms with Crippen molar-refractivity contribution in [2.45, 2.75) is 13.0 Å². The minimum atomic E-state index is -0.474. The lowest BCUT2D eigenvalue weighted by atomic mass is 10.1. The molecule has 132 valence electrons. The molecule has 1 aliphatic rings. The number of carbonyl (C=O) groups excluding carboxylic acids is 2. The summed E-state index contributed by atoms with van der Waals surface area (Å²) in [7, 11) is 0. The molecule has 0 bridgehead atoms. The van der Waals surface area contributed by atoms with Crippen LogP contribution in [0.2, 0.25) is 0 Å². The van der Waals surface area contributed by atoms with E-state index in [9.17, 15) is 14.9 Å². The van der Waals surface area contributed by atoms with Crippen molar-refractivity contribution in [2.24, 2.45) is 0 Å². The summed E-state index contributed by atoms with van der Waals surface area (Å²) < 4.78 is 1.82. The number of nitrogens with zero attached hydrogens (tertiary/aromatic N) is 3. The minimum absolute atomic E-state index is 0.0535. The van der Waals surface area contributed by atoms with Crippen molar-refractivity contribution in [2.75, 3.05) is 0 Å². The molecule has 6 heteroatoms. The molecule has 1 N–H and O–H groups in total. The first kappa shape index (κ1) is 16.6. The zero-order valence-corrected chi connectivity index (χ0v) is 14.4. The van der Waals surface area contributed by atoms with Crippen LogP contribution in [0.5, 0.6) is 0 Å². The molecule has 1 aliphatic heterocycles. The number of benzene rings is 1. The highest BCUT2D eigenvalue weighted by atomic mass is 16.2. The lowest BCUT2D eigenvalue weighted by Crippen LogP contribution is -2.30. The molecule has 0 saturated carbocycles. The number of aromatic nitrogens is 1. The number of hydrogen-bond acceptors (Lipinski definition) is 3. The van der Waals surface area contributed by atoms with Gasteiger partial charge in [0, 0.05) is 18.0 Å². The van der Waals surface area contributed by atoms with Gasteiger partial charge < -0.3 is 9.72 Å². The number of hydrogen-bond donors (Lipinski definition) is 1. The van der Waals surface area contributed by atoms with Gasteiger partial charge in [0.25, 0.3) is 5.91 Å². The molecule has 0 aliphatic carbocycles. The zero-order valence-electron chi connectivity index (χ0n) is 14.4. The molecule has 1 fully saturated rings. The SMILES string of the molecule is N#Cc1c(CN2C(=O)NC(=CCc3ccccc3)C2=O)cn2ccccc12.